The molecule has 2 aliphatic rings. The van der Waals surface area contributed by atoms with Crippen LogP contribution in [0.2, 0.25) is 0 Å². The Morgan fingerprint density at radius 2 is 2.32 bits per heavy atom. The van der Waals surface area contributed by atoms with Crippen molar-refractivity contribution in [1.82, 2.24) is 10.2 Å². The highest BCUT2D eigenvalue weighted by molar-refractivity contribution is 8.00. The van der Waals surface area contributed by atoms with Crippen LogP contribution >= 0.6 is 11.8 Å². The van der Waals surface area contributed by atoms with Gasteiger partial charge in [0.15, 0.2) is 0 Å². The Kier molecular flexibility index (Phi) is 5.09. The number of amides is 2. The van der Waals surface area contributed by atoms with Gasteiger partial charge in [-0.15, -0.1) is 11.8 Å². The van der Waals surface area contributed by atoms with E-state index < -0.39 is 29.4 Å². The smallest absolute Gasteiger partial charge is 0.408 e. The lowest BCUT2D eigenvalue weighted by molar-refractivity contribution is -0.149. The highest BCUT2D eigenvalue weighted by Gasteiger charge is 2.54. The Hall–Kier alpha value is -2.00. The van der Waals surface area contributed by atoms with Crippen molar-refractivity contribution < 1.29 is 29.0 Å². The van der Waals surface area contributed by atoms with Gasteiger partial charge in [-0.25, -0.2) is 9.59 Å². The first kappa shape index (κ1) is 16.4. The van der Waals surface area contributed by atoms with Crippen molar-refractivity contribution in [3.8, 4) is 0 Å². The molecule has 2 amide bonds. The van der Waals surface area contributed by atoms with E-state index in [-0.39, 0.29) is 18.9 Å². The normalized spacial score (nSPS) is 23.5. The topological polar surface area (TPSA) is 105 Å². The maximum atomic E-state index is 12.2. The maximum absolute atomic E-state index is 12.2. The summed E-state index contributed by atoms with van der Waals surface area (Å²) in [7, 11) is 1.46. The van der Waals surface area contributed by atoms with Crippen LogP contribution in [0, 0.1) is 0 Å². The number of carbonyl (C=O) groups excluding carboxylic acids is 2. The lowest BCUT2D eigenvalue weighted by Crippen LogP contribution is -2.70. The van der Waals surface area contributed by atoms with Gasteiger partial charge in [0.25, 0.3) is 5.91 Å². The van der Waals surface area contributed by atoms with Crippen LogP contribution in [0.5, 0.6) is 0 Å². The van der Waals surface area contributed by atoms with Gasteiger partial charge in [0.1, 0.15) is 23.7 Å². The van der Waals surface area contributed by atoms with E-state index in [4.69, 9.17) is 9.47 Å². The molecule has 9 heteroatoms. The van der Waals surface area contributed by atoms with Crippen LogP contribution in [0.25, 0.3) is 0 Å². The number of hydrogen-bond donors (Lipinski definition) is 2. The minimum Gasteiger partial charge on any atom is -0.477 e. The van der Waals surface area contributed by atoms with Gasteiger partial charge in [-0.05, 0) is 5.57 Å². The number of hydrogen-bond acceptors (Lipinski definition) is 6. The summed E-state index contributed by atoms with van der Waals surface area (Å²) in [5, 5.41) is 11.3. The summed E-state index contributed by atoms with van der Waals surface area (Å²) >= 11 is 1.37. The number of alkyl carbamates (subject to hydrolysis) is 1. The van der Waals surface area contributed by atoms with E-state index in [0.717, 1.165) is 0 Å². The van der Waals surface area contributed by atoms with Crippen LogP contribution < -0.4 is 5.32 Å². The standard InChI is InChI=1S/C13H16N2O6S/c1-3-4-21-13(19)14-8-10(16)15-9(12(17)18)7(5-20-2)6-22-11(8)15/h3,8,11H,1,4-6H2,2H3,(H,14,19)(H,17,18)/t8?,11-/m1/s1. The zero-order valence-electron chi connectivity index (χ0n) is 11.9. The lowest BCUT2D eigenvalue weighted by atomic mass is 10.0. The van der Waals surface area contributed by atoms with Crippen LogP contribution in [0.15, 0.2) is 23.9 Å². The molecule has 1 unspecified atom stereocenters. The van der Waals surface area contributed by atoms with Gasteiger partial charge in [0, 0.05) is 12.9 Å². The van der Waals surface area contributed by atoms with Crippen LogP contribution in [-0.4, -0.2) is 65.5 Å². The fourth-order valence-electron chi connectivity index (χ4n) is 2.27. The van der Waals surface area contributed by atoms with E-state index in [0.29, 0.717) is 11.3 Å². The number of β-lactam (4-membered cyclic amide) rings is 1. The summed E-state index contributed by atoms with van der Waals surface area (Å²) in [6, 6.07) is -0.791. The highest BCUT2D eigenvalue weighted by atomic mass is 32.2. The SMILES string of the molecule is C=CCOC(=O)NC1C(=O)N2C(C(=O)O)=C(COC)CS[C@H]12. The van der Waals surface area contributed by atoms with Crippen LogP contribution in [-0.2, 0) is 19.1 Å². The highest BCUT2D eigenvalue weighted by Crippen LogP contribution is 2.40. The number of ether oxygens (including phenoxy) is 2. The summed E-state index contributed by atoms with van der Waals surface area (Å²) in [5.74, 6) is -1.23. The van der Waals surface area contributed by atoms with E-state index in [1.54, 1.807) is 0 Å². The largest absolute Gasteiger partial charge is 0.477 e. The van der Waals surface area contributed by atoms with Gasteiger partial charge < -0.3 is 19.9 Å². The van der Waals surface area contributed by atoms with Gasteiger partial charge in [-0.3, -0.25) is 9.69 Å². The van der Waals surface area contributed by atoms with Crippen LogP contribution in [0.4, 0.5) is 4.79 Å². The van der Waals surface area contributed by atoms with E-state index in [2.05, 4.69) is 11.9 Å². The van der Waals surface area contributed by atoms with Gasteiger partial charge >= 0.3 is 12.1 Å². The second kappa shape index (κ2) is 6.84. The zero-order chi connectivity index (χ0) is 16.3. The Bertz CT molecular complexity index is 547. The molecule has 1 saturated heterocycles. The van der Waals surface area contributed by atoms with Crippen molar-refractivity contribution in [1.29, 1.82) is 0 Å². The van der Waals surface area contributed by atoms with E-state index in [9.17, 15) is 19.5 Å². The molecule has 2 N–H and O–H groups in total. The van der Waals surface area contributed by atoms with Crippen molar-refractivity contribution in [3.63, 3.8) is 0 Å². The molecule has 0 aromatic carbocycles. The number of carboxylic acids is 1. The summed E-state index contributed by atoms with van der Waals surface area (Å²) < 4.78 is 9.73. The number of methoxy groups -OCH3 is 1. The molecular formula is C13H16N2O6S. The fraction of sp³-hybridized carbons (Fsp3) is 0.462. The molecule has 22 heavy (non-hydrogen) atoms. The molecule has 8 nitrogen and oxygen atoms in total. The number of carbonyl (C=O) groups is 3. The molecule has 2 aliphatic heterocycles. The number of nitrogens with zero attached hydrogens (tertiary/aromatic N) is 1. The number of carboxylic acid groups (broad SMARTS) is 1. The molecule has 0 aliphatic carbocycles. The molecule has 0 spiro atoms. The average molecular weight is 328 g/mol. The zero-order valence-corrected chi connectivity index (χ0v) is 12.7. The first-order valence-electron chi connectivity index (χ1n) is 6.44. The monoisotopic (exact) mass is 328 g/mol. The number of aliphatic carboxylic acids is 1. The molecular weight excluding hydrogens is 312 g/mol. The average Bonchev–Trinajstić information content (AvgIpc) is 2.50. The van der Waals surface area contributed by atoms with E-state index in [1.807, 2.05) is 0 Å². The van der Waals surface area contributed by atoms with Gasteiger partial charge in [-0.2, -0.15) is 0 Å². The molecule has 1 fully saturated rings. The predicted molar refractivity (Wildman–Crippen MR) is 78.1 cm³/mol. The quantitative estimate of drug-likeness (QED) is 0.529. The number of fused-ring (bicyclic) bond motifs is 1. The maximum Gasteiger partial charge on any atom is 0.408 e. The molecule has 120 valence electrons. The van der Waals surface area contributed by atoms with Crippen LogP contribution in [0.1, 0.15) is 0 Å². The Morgan fingerprint density at radius 1 is 1.59 bits per heavy atom. The fourth-order valence-corrected chi connectivity index (χ4v) is 3.60. The molecule has 2 rings (SSSR count). The molecule has 0 bridgehead atoms. The van der Waals surface area contributed by atoms with E-state index >= 15 is 0 Å². The van der Waals surface area contributed by atoms with Crippen LogP contribution in [0.3, 0.4) is 0 Å². The number of thioether (sulfide) groups is 1. The Balaban J connectivity index is 2.10. The third-order valence-corrected chi connectivity index (χ3v) is 4.51. The van der Waals surface area contributed by atoms with Crippen molar-refractivity contribution >= 4 is 29.7 Å². The first-order chi connectivity index (χ1) is 10.5. The molecule has 0 saturated carbocycles. The second-order valence-electron chi connectivity index (χ2n) is 4.61. The van der Waals surface area contributed by atoms with Crippen molar-refractivity contribution in [2.45, 2.75) is 11.4 Å². The van der Waals surface area contributed by atoms with Crippen molar-refractivity contribution in [3.05, 3.63) is 23.9 Å². The second-order valence-corrected chi connectivity index (χ2v) is 5.71. The van der Waals surface area contributed by atoms with Gasteiger partial charge in [-0.1, -0.05) is 12.7 Å². The van der Waals surface area contributed by atoms with E-state index in [1.165, 1.54) is 29.8 Å². The molecule has 2 atom stereocenters. The molecule has 0 aromatic rings. The summed E-state index contributed by atoms with van der Waals surface area (Å²) in [5.41, 5.74) is 0.477. The predicted octanol–water partition coefficient (Wildman–Crippen LogP) is 0.167. The third kappa shape index (κ3) is 2.95. The summed E-state index contributed by atoms with van der Waals surface area (Å²) in [6.45, 7) is 3.59. The number of rotatable bonds is 6. The summed E-state index contributed by atoms with van der Waals surface area (Å²) in [4.78, 5) is 36.2. The number of nitrogens with one attached hydrogen (secondary N) is 1. The minimum absolute atomic E-state index is 0.0343. The van der Waals surface area contributed by atoms with Crippen molar-refractivity contribution in [2.75, 3.05) is 26.1 Å². The lowest BCUT2D eigenvalue weighted by Gasteiger charge is -2.49. The molecule has 0 radical (unpaired) electrons. The Labute approximate surface area is 131 Å². The third-order valence-electron chi connectivity index (χ3n) is 3.17. The molecule has 0 aromatic heterocycles. The van der Waals surface area contributed by atoms with Gasteiger partial charge in [0.2, 0.25) is 0 Å². The van der Waals surface area contributed by atoms with Crippen molar-refractivity contribution in [2.24, 2.45) is 0 Å². The minimum atomic E-state index is -1.18. The first-order valence-corrected chi connectivity index (χ1v) is 7.49. The summed E-state index contributed by atoms with van der Waals surface area (Å²) in [6.07, 6.45) is 0.675. The Morgan fingerprint density at radius 3 is 2.91 bits per heavy atom. The molecule has 2 heterocycles. The van der Waals surface area contributed by atoms with Gasteiger partial charge in [0.05, 0.1) is 6.61 Å².